The summed E-state index contributed by atoms with van der Waals surface area (Å²) < 4.78 is 0. The van der Waals surface area contributed by atoms with E-state index in [1.807, 2.05) is 0 Å². The Balaban J connectivity index is 2.11. The molecule has 102 valence electrons. The fourth-order valence-corrected chi connectivity index (χ4v) is 3.62. The molecular weight excluding hydrogens is 232 g/mol. The Kier molecular flexibility index (Phi) is 3.12. The Morgan fingerprint density at radius 1 is 1.11 bits per heavy atom. The number of anilines is 1. The molecule has 0 N–H and O–H groups in total. The number of benzene rings is 1. The summed E-state index contributed by atoms with van der Waals surface area (Å²) in [5.74, 6) is 0.611. The van der Waals surface area contributed by atoms with Crippen molar-refractivity contribution < 1.29 is 0 Å². The first kappa shape index (κ1) is 12.7. The minimum Gasteiger partial charge on any atom is -0.361 e. The molecule has 2 atom stereocenters. The van der Waals surface area contributed by atoms with Gasteiger partial charge in [0.05, 0.1) is 11.4 Å². The molecule has 1 fully saturated rings. The average Bonchev–Trinajstić information content (AvgIpc) is 2.54. The smallest absolute Gasteiger partial charge is 0.0859 e. The van der Waals surface area contributed by atoms with Gasteiger partial charge in [-0.25, -0.2) is 0 Å². The fraction of sp³-hybridized carbons (Fsp3) is 0.588. The Morgan fingerprint density at radius 3 is 2.63 bits per heavy atom. The molecule has 0 amide bonds. The Hall–Kier alpha value is -1.31. The molecule has 1 saturated carbocycles. The van der Waals surface area contributed by atoms with E-state index >= 15 is 0 Å². The third-order valence-electron chi connectivity index (χ3n) is 4.38. The zero-order chi connectivity index (χ0) is 13.5. The van der Waals surface area contributed by atoms with E-state index in [9.17, 15) is 0 Å². The SMILES string of the molecule is CC(C)(C)N1c2ccccc2N=CC2CCCCC21. The molecule has 2 aliphatic rings. The second kappa shape index (κ2) is 4.66. The van der Waals surface area contributed by atoms with Crippen molar-refractivity contribution in [3.05, 3.63) is 24.3 Å². The molecule has 19 heavy (non-hydrogen) atoms. The van der Waals surface area contributed by atoms with Gasteiger partial charge in [-0.05, 0) is 45.7 Å². The first-order chi connectivity index (χ1) is 9.07. The van der Waals surface area contributed by atoms with Gasteiger partial charge in [0, 0.05) is 23.7 Å². The maximum absolute atomic E-state index is 4.77. The monoisotopic (exact) mass is 256 g/mol. The highest BCUT2D eigenvalue weighted by atomic mass is 15.2. The molecule has 1 aromatic rings. The lowest BCUT2D eigenvalue weighted by molar-refractivity contribution is 0.318. The van der Waals surface area contributed by atoms with Gasteiger partial charge in [0.2, 0.25) is 0 Å². The van der Waals surface area contributed by atoms with Gasteiger partial charge in [-0.1, -0.05) is 25.0 Å². The summed E-state index contributed by atoms with van der Waals surface area (Å²) in [7, 11) is 0. The van der Waals surface area contributed by atoms with E-state index < -0.39 is 0 Å². The number of hydrogen-bond donors (Lipinski definition) is 0. The molecule has 3 rings (SSSR count). The highest BCUT2D eigenvalue weighted by molar-refractivity contribution is 5.78. The topological polar surface area (TPSA) is 15.6 Å². The third kappa shape index (κ3) is 2.29. The van der Waals surface area contributed by atoms with Crippen molar-refractivity contribution in [3.63, 3.8) is 0 Å². The van der Waals surface area contributed by atoms with Gasteiger partial charge in [-0.15, -0.1) is 0 Å². The van der Waals surface area contributed by atoms with Crippen molar-refractivity contribution in [3.8, 4) is 0 Å². The lowest BCUT2D eigenvalue weighted by atomic mass is 9.82. The van der Waals surface area contributed by atoms with Crippen LogP contribution in [0.2, 0.25) is 0 Å². The van der Waals surface area contributed by atoms with Crippen LogP contribution in [-0.2, 0) is 0 Å². The second-order valence-electron chi connectivity index (χ2n) is 6.82. The summed E-state index contributed by atoms with van der Waals surface area (Å²) in [5, 5.41) is 0. The van der Waals surface area contributed by atoms with Crippen LogP contribution in [-0.4, -0.2) is 17.8 Å². The Labute approximate surface area is 116 Å². The molecule has 0 radical (unpaired) electrons. The van der Waals surface area contributed by atoms with Crippen LogP contribution >= 0.6 is 0 Å². The number of para-hydroxylation sites is 2. The molecule has 1 aliphatic carbocycles. The largest absolute Gasteiger partial charge is 0.361 e. The van der Waals surface area contributed by atoms with E-state index in [0.717, 1.165) is 5.69 Å². The molecule has 1 aromatic carbocycles. The van der Waals surface area contributed by atoms with E-state index in [-0.39, 0.29) is 5.54 Å². The van der Waals surface area contributed by atoms with Crippen LogP contribution in [0.1, 0.15) is 46.5 Å². The molecular formula is C17H24N2. The molecule has 2 nitrogen and oxygen atoms in total. The molecule has 0 spiro atoms. The molecule has 2 heteroatoms. The van der Waals surface area contributed by atoms with Crippen LogP contribution in [0, 0.1) is 5.92 Å². The predicted molar refractivity (Wildman–Crippen MR) is 82.6 cm³/mol. The third-order valence-corrected chi connectivity index (χ3v) is 4.38. The van der Waals surface area contributed by atoms with Crippen molar-refractivity contribution in [1.82, 2.24) is 0 Å². The number of rotatable bonds is 0. The van der Waals surface area contributed by atoms with Crippen molar-refractivity contribution in [2.24, 2.45) is 10.9 Å². The zero-order valence-corrected chi connectivity index (χ0v) is 12.3. The summed E-state index contributed by atoms with van der Waals surface area (Å²) in [5.41, 5.74) is 2.58. The molecule has 2 unspecified atom stereocenters. The Morgan fingerprint density at radius 2 is 1.84 bits per heavy atom. The molecule has 0 saturated heterocycles. The van der Waals surface area contributed by atoms with Crippen LogP contribution in [0.3, 0.4) is 0 Å². The van der Waals surface area contributed by atoms with E-state index in [1.54, 1.807) is 0 Å². The minimum absolute atomic E-state index is 0.143. The van der Waals surface area contributed by atoms with E-state index in [1.165, 1.54) is 31.4 Å². The van der Waals surface area contributed by atoms with Crippen LogP contribution in [0.25, 0.3) is 0 Å². The van der Waals surface area contributed by atoms with Gasteiger partial charge in [0.1, 0.15) is 0 Å². The zero-order valence-electron chi connectivity index (χ0n) is 12.3. The number of nitrogens with zero attached hydrogens (tertiary/aromatic N) is 2. The first-order valence-corrected chi connectivity index (χ1v) is 7.50. The van der Waals surface area contributed by atoms with Gasteiger partial charge in [0.15, 0.2) is 0 Å². The quantitative estimate of drug-likeness (QED) is 0.664. The van der Waals surface area contributed by atoms with Gasteiger partial charge in [-0.2, -0.15) is 0 Å². The molecule has 1 heterocycles. The summed E-state index contributed by atoms with van der Waals surface area (Å²) in [6, 6.07) is 9.21. The lowest BCUT2D eigenvalue weighted by Crippen LogP contribution is -2.52. The first-order valence-electron chi connectivity index (χ1n) is 7.50. The van der Waals surface area contributed by atoms with Gasteiger partial charge in [-0.3, -0.25) is 4.99 Å². The van der Waals surface area contributed by atoms with E-state index in [4.69, 9.17) is 4.99 Å². The van der Waals surface area contributed by atoms with Gasteiger partial charge in [0.25, 0.3) is 0 Å². The fourth-order valence-electron chi connectivity index (χ4n) is 3.62. The Bertz CT molecular complexity index is 484. The summed E-state index contributed by atoms with van der Waals surface area (Å²) >= 11 is 0. The van der Waals surface area contributed by atoms with Crippen LogP contribution < -0.4 is 4.90 Å². The summed E-state index contributed by atoms with van der Waals surface area (Å²) in [4.78, 5) is 7.39. The highest BCUT2D eigenvalue weighted by Gasteiger charge is 2.37. The molecule has 0 bridgehead atoms. The van der Waals surface area contributed by atoms with Crippen molar-refractivity contribution >= 4 is 17.6 Å². The normalized spacial score (nSPS) is 26.6. The summed E-state index contributed by atoms with van der Waals surface area (Å²) in [6.07, 6.45) is 7.50. The van der Waals surface area contributed by atoms with Crippen LogP contribution in [0.4, 0.5) is 11.4 Å². The maximum atomic E-state index is 4.77. The number of fused-ring (bicyclic) bond motifs is 2. The average molecular weight is 256 g/mol. The van der Waals surface area contributed by atoms with Crippen LogP contribution in [0.15, 0.2) is 29.3 Å². The minimum atomic E-state index is 0.143. The lowest BCUT2D eigenvalue weighted by Gasteiger charge is -2.47. The van der Waals surface area contributed by atoms with Crippen molar-refractivity contribution in [2.45, 2.75) is 58.0 Å². The summed E-state index contributed by atoms with van der Waals surface area (Å²) in [6.45, 7) is 6.96. The van der Waals surface area contributed by atoms with Crippen molar-refractivity contribution in [1.29, 1.82) is 0 Å². The van der Waals surface area contributed by atoms with Gasteiger partial charge >= 0.3 is 0 Å². The second-order valence-corrected chi connectivity index (χ2v) is 6.82. The van der Waals surface area contributed by atoms with Crippen molar-refractivity contribution in [2.75, 3.05) is 4.90 Å². The number of aliphatic imine (C=N–C) groups is 1. The predicted octanol–water partition coefficient (Wildman–Crippen LogP) is 4.57. The number of hydrogen-bond acceptors (Lipinski definition) is 2. The van der Waals surface area contributed by atoms with Gasteiger partial charge < -0.3 is 4.90 Å². The standard InChI is InChI=1S/C17H24N2/c1-17(2,3)19-15-10-6-4-8-13(15)12-18-14-9-5-7-11-16(14)19/h5,7,9,11-13,15H,4,6,8,10H2,1-3H3. The highest BCUT2D eigenvalue weighted by Crippen LogP contribution is 2.42. The molecule has 1 aliphatic heterocycles. The maximum Gasteiger partial charge on any atom is 0.0859 e. The van der Waals surface area contributed by atoms with Crippen LogP contribution in [0.5, 0.6) is 0 Å². The van der Waals surface area contributed by atoms with E-state index in [2.05, 4.69) is 56.2 Å². The van der Waals surface area contributed by atoms with E-state index in [0.29, 0.717) is 12.0 Å². The molecule has 0 aromatic heterocycles.